The Morgan fingerprint density at radius 3 is 1.97 bits per heavy atom. The lowest BCUT2D eigenvalue weighted by Crippen LogP contribution is -2.69. The van der Waals surface area contributed by atoms with E-state index in [1.54, 1.807) is 6.92 Å². The van der Waals surface area contributed by atoms with E-state index < -0.39 is 91.7 Å². The van der Waals surface area contributed by atoms with Gasteiger partial charge in [-0.05, 0) is 13.3 Å². The molecule has 0 aromatic heterocycles. The molecule has 3 rings (SSSR count). The first-order chi connectivity index (χ1) is 16.5. The van der Waals surface area contributed by atoms with Crippen molar-refractivity contribution in [2.45, 2.75) is 105 Å². The zero-order valence-electron chi connectivity index (χ0n) is 19.8. The minimum absolute atomic E-state index is 0.0906. The number of aliphatic hydroxyl groups excluding tert-OH is 4. The first-order valence-corrected chi connectivity index (χ1v) is 11.9. The third kappa shape index (κ3) is 6.11. The van der Waals surface area contributed by atoms with Crippen molar-refractivity contribution in [1.82, 2.24) is 0 Å². The van der Waals surface area contributed by atoms with Crippen LogP contribution >= 0.6 is 0 Å². The molecule has 2 saturated heterocycles. The maximum absolute atomic E-state index is 10.6. The van der Waals surface area contributed by atoms with Crippen LogP contribution in [-0.4, -0.2) is 132 Å². The molecule has 15 heteroatoms. The van der Waals surface area contributed by atoms with Gasteiger partial charge in [0, 0.05) is 25.2 Å². The molecule has 206 valence electrons. The normalized spacial score (nSPS) is 51.3. The fraction of sp³-hybridized carbons (Fsp3) is 1.00. The topological polar surface area (TPSA) is 283 Å². The van der Waals surface area contributed by atoms with Gasteiger partial charge in [-0.2, -0.15) is 0 Å². The van der Waals surface area contributed by atoms with Crippen LogP contribution < -0.4 is 34.4 Å². The molecule has 15 nitrogen and oxygen atoms in total. The highest BCUT2D eigenvalue weighted by Gasteiger charge is 2.52. The zero-order valence-corrected chi connectivity index (χ0v) is 19.8. The van der Waals surface area contributed by atoms with Crippen LogP contribution in [0.25, 0.3) is 0 Å². The highest BCUT2D eigenvalue weighted by atomic mass is 16.7. The average Bonchev–Trinajstić information content (AvgIpc) is 2.82. The minimum Gasteiger partial charge on any atom is -0.388 e. The lowest BCUT2D eigenvalue weighted by atomic mass is 9.84. The van der Waals surface area contributed by atoms with Crippen LogP contribution in [-0.2, 0) is 23.7 Å². The van der Waals surface area contributed by atoms with Crippen LogP contribution in [0.15, 0.2) is 0 Å². The standard InChI is InChI=1S/C20H42N6O9/c1-6-10(25)13(28)15(30)20(32-6)35-18-16(31-3-2-21)7(23)4-8(24)17(18)34-19-11(26)14(29)12(27)9(5-22)33-19/h6-20,27-30H,2-5,21-26H2,1H3/t6?,7?,8?,9?,10-,11?,12-,13-,14+,15?,16-,17?,18+,19-,20-/m0/s1. The van der Waals surface area contributed by atoms with E-state index in [9.17, 15) is 20.4 Å². The maximum atomic E-state index is 10.6. The monoisotopic (exact) mass is 510 g/mol. The van der Waals surface area contributed by atoms with Gasteiger partial charge in [0.1, 0.15) is 48.8 Å². The summed E-state index contributed by atoms with van der Waals surface area (Å²) in [6, 6.07) is -3.24. The lowest BCUT2D eigenvalue weighted by molar-refractivity contribution is -0.331. The predicted molar refractivity (Wildman–Crippen MR) is 121 cm³/mol. The fourth-order valence-corrected chi connectivity index (χ4v) is 4.75. The van der Waals surface area contributed by atoms with Gasteiger partial charge < -0.3 is 78.5 Å². The van der Waals surface area contributed by atoms with Crippen molar-refractivity contribution in [2.24, 2.45) is 34.4 Å². The number of hydrogen-bond donors (Lipinski definition) is 10. The van der Waals surface area contributed by atoms with Gasteiger partial charge in [0.05, 0.1) is 24.8 Å². The Balaban J connectivity index is 1.86. The van der Waals surface area contributed by atoms with Gasteiger partial charge in [-0.25, -0.2) is 0 Å². The van der Waals surface area contributed by atoms with Gasteiger partial charge in [-0.15, -0.1) is 0 Å². The second-order valence-electron chi connectivity index (χ2n) is 9.49. The van der Waals surface area contributed by atoms with Crippen LogP contribution in [0.4, 0.5) is 0 Å². The molecule has 3 fully saturated rings. The molecule has 0 bridgehead atoms. The lowest BCUT2D eigenvalue weighted by Gasteiger charge is -2.49. The van der Waals surface area contributed by atoms with Gasteiger partial charge in [-0.1, -0.05) is 0 Å². The van der Waals surface area contributed by atoms with E-state index in [0.717, 1.165) is 0 Å². The quantitative estimate of drug-likeness (QED) is 0.145. The molecule has 16 N–H and O–H groups in total. The Hall–Kier alpha value is -0.600. The molecule has 0 spiro atoms. The Kier molecular flexibility index (Phi) is 10.2. The summed E-state index contributed by atoms with van der Waals surface area (Å²) in [5, 5.41) is 41.4. The summed E-state index contributed by atoms with van der Waals surface area (Å²) >= 11 is 0. The molecule has 2 heterocycles. The molecule has 15 atom stereocenters. The number of aliphatic hydroxyl groups is 4. The number of hydrogen-bond acceptors (Lipinski definition) is 15. The summed E-state index contributed by atoms with van der Waals surface area (Å²) in [4.78, 5) is 0. The Labute approximate surface area is 203 Å². The van der Waals surface area contributed by atoms with Gasteiger partial charge in [0.25, 0.3) is 0 Å². The summed E-state index contributed by atoms with van der Waals surface area (Å²) < 4.78 is 29.5. The van der Waals surface area contributed by atoms with Crippen molar-refractivity contribution in [2.75, 3.05) is 19.7 Å². The zero-order chi connectivity index (χ0) is 26.0. The summed E-state index contributed by atoms with van der Waals surface area (Å²) in [5.74, 6) is 0. The predicted octanol–water partition coefficient (Wildman–Crippen LogP) is -6.31. The largest absolute Gasteiger partial charge is 0.388 e. The molecular formula is C20H42N6O9. The summed E-state index contributed by atoms with van der Waals surface area (Å²) in [6.45, 7) is 1.91. The third-order valence-electron chi connectivity index (χ3n) is 6.94. The van der Waals surface area contributed by atoms with E-state index in [4.69, 9.17) is 58.1 Å². The first-order valence-electron chi connectivity index (χ1n) is 11.9. The van der Waals surface area contributed by atoms with E-state index in [-0.39, 0.29) is 26.1 Å². The van der Waals surface area contributed by atoms with Crippen molar-refractivity contribution in [3.8, 4) is 0 Å². The van der Waals surface area contributed by atoms with E-state index >= 15 is 0 Å². The SMILES string of the molecule is CC1O[C@@H](O[C@H]2C(O[C@@H]3OC(CN)[C@H](O)[C@H](O)C3N)C(N)CC(N)[C@@H]2OCCN)C(O)[C@@H](O)[C@H]1N. The molecule has 0 amide bonds. The van der Waals surface area contributed by atoms with E-state index in [1.165, 1.54) is 0 Å². The smallest absolute Gasteiger partial charge is 0.187 e. The summed E-state index contributed by atoms with van der Waals surface area (Å²) in [6.07, 6.45) is -12.0. The molecule has 7 unspecified atom stereocenters. The van der Waals surface area contributed by atoms with E-state index in [1.807, 2.05) is 0 Å². The number of nitrogens with two attached hydrogens (primary N) is 6. The highest BCUT2D eigenvalue weighted by molar-refractivity contribution is 5.02. The molecule has 35 heavy (non-hydrogen) atoms. The molecule has 0 aromatic carbocycles. The molecule has 0 radical (unpaired) electrons. The van der Waals surface area contributed by atoms with Crippen LogP contribution in [0.5, 0.6) is 0 Å². The molecule has 3 aliphatic rings. The second kappa shape index (κ2) is 12.3. The average molecular weight is 511 g/mol. The Bertz CT molecular complexity index is 669. The van der Waals surface area contributed by atoms with Crippen molar-refractivity contribution >= 4 is 0 Å². The minimum atomic E-state index is -1.47. The first kappa shape index (κ1) is 29.0. The number of rotatable bonds is 8. The van der Waals surface area contributed by atoms with E-state index in [0.29, 0.717) is 0 Å². The Morgan fingerprint density at radius 1 is 0.743 bits per heavy atom. The number of ether oxygens (including phenoxy) is 5. The van der Waals surface area contributed by atoms with Gasteiger partial charge in [0.2, 0.25) is 0 Å². The van der Waals surface area contributed by atoms with Gasteiger partial charge >= 0.3 is 0 Å². The molecular weight excluding hydrogens is 468 g/mol. The van der Waals surface area contributed by atoms with Gasteiger partial charge in [0.15, 0.2) is 12.6 Å². The molecule has 1 saturated carbocycles. The summed E-state index contributed by atoms with van der Waals surface area (Å²) in [5.41, 5.74) is 35.9. The molecule has 2 aliphatic heterocycles. The second-order valence-corrected chi connectivity index (χ2v) is 9.49. The third-order valence-corrected chi connectivity index (χ3v) is 6.94. The van der Waals surface area contributed by atoms with Crippen molar-refractivity contribution < 1.29 is 44.1 Å². The fourth-order valence-electron chi connectivity index (χ4n) is 4.75. The van der Waals surface area contributed by atoms with Crippen LogP contribution in [0.1, 0.15) is 13.3 Å². The maximum Gasteiger partial charge on any atom is 0.187 e. The van der Waals surface area contributed by atoms with Crippen molar-refractivity contribution in [1.29, 1.82) is 0 Å². The Morgan fingerprint density at radius 2 is 1.34 bits per heavy atom. The van der Waals surface area contributed by atoms with E-state index in [2.05, 4.69) is 0 Å². The van der Waals surface area contributed by atoms with Crippen LogP contribution in [0.3, 0.4) is 0 Å². The summed E-state index contributed by atoms with van der Waals surface area (Å²) in [7, 11) is 0. The van der Waals surface area contributed by atoms with Crippen molar-refractivity contribution in [3.63, 3.8) is 0 Å². The van der Waals surface area contributed by atoms with Gasteiger partial charge in [-0.3, -0.25) is 0 Å². The molecule has 1 aliphatic carbocycles. The van der Waals surface area contributed by atoms with Crippen LogP contribution in [0.2, 0.25) is 0 Å². The highest BCUT2D eigenvalue weighted by Crippen LogP contribution is 2.32. The van der Waals surface area contributed by atoms with Crippen LogP contribution in [0, 0.1) is 0 Å². The van der Waals surface area contributed by atoms with Crippen molar-refractivity contribution in [3.05, 3.63) is 0 Å². The molecule has 0 aromatic rings.